The van der Waals surface area contributed by atoms with E-state index in [9.17, 15) is 21.2 Å². The van der Waals surface area contributed by atoms with E-state index in [0.717, 1.165) is 30.4 Å². The van der Waals surface area contributed by atoms with Crippen molar-refractivity contribution in [3.63, 3.8) is 0 Å². The summed E-state index contributed by atoms with van der Waals surface area (Å²) in [5.41, 5.74) is 4.33. The molecular formula is C28H39FN2O4S2. The molecule has 6 nitrogen and oxygen atoms in total. The zero-order valence-electron chi connectivity index (χ0n) is 21.9. The molecule has 0 aromatic heterocycles. The number of hydrogen-bond donors (Lipinski definition) is 2. The molecule has 9 heteroatoms. The number of hydrogen-bond acceptors (Lipinski definition) is 4. The summed E-state index contributed by atoms with van der Waals surface area (Å²) in [5.74, 6) is 0.357. The first-order valence-electron chi connectivity index (χ1n) is 12.9. The third-order valence-electron chi connectivity index (χ3n) is 7.12. The summed E-state index contributed by atoms with van der Waals surface area (Å²) in [6.45, 7) is 6.28. The van der Waals surface area contributed by atoms with Crippen molar-refractivity contribution in [2.24, 2.45) is 11.8 Å². The molecule has 0 fully saturated rings. The lowest BCUT2D eigenvalue weighted by molar-refractivity contribution is 0.334. The van der Waals surface area contributed by atoms with Crippen molar-refractivity contribution in [2.75, 3.05) is 18.8 Å². The molecule has 0 spiro atoms. The zero-order chi connectivity index (χ0) is 27.1. The highest BCUT2D eigenvalue weighted by molar-refractivity contribution is 7.90. The van der Waals surface area contributed by atoms with Crippen molar-refractivity contribution < 1.29 is 21.2 Å². The molecule has 2 aromatic rings. The number of sulfonamides is 2. The first-order valence-corrected chi connectivity index (χ1v) is 16.1. The molecule has 0 heterocycles. The minimum Gasteiger partial charge on any atom is -0.215 e. The maximum absolute atomic E-state index is 13.0. The summed E-state index contributed by atoms with van der Waals surface area (Å²) in [6, 6.07) is 14.1. The van der Waals surface area contributed by atoms with Gasteiger partial charge in [-0.1, -0.05) is 49.4 Å². The third-order valence-corrected chi connectivity index (χ3v) is 10.3. The van der Waals surface area contributed by atoms with Crippen molar-refractivity contribution in [1.29, 1.82) is 0 Å². The summed E-state index contributed by atoms with van der Waals surface area (Å²) in [6.07, 6.45) is 6.12. The van der Waals surface area contributed by atoms with Gasteiger partial charge in [-0.15, -0.1) is 0 Å². The van der Waals surface area contributed by atoms with Gasteiger partial charge in [-0.2, -0.15) is 0 Å². The van der Waals surface area contributed by atoms with Gasteiger partial charge in [0.05, 0.1) is 11.0 Å². The van der Waals surface area contributed by atoms with E-state index in [2.05, 4.69) is 34.6 Å². The predicted octanol–water partition coefficient (Wildman–Crippen LogP) is 4.68. The zero-order valence-corrected chi connectivity index (χ0v) is 23.5. The van der Waals surface area contributed by atoms with Crippen LogP contribution in [0.2, 0.25) is 0 Å². The fourth-order valence-electron chi connectivity index (χ4n) is 4.43. The Morgan fingerprint density at radius 1 is 0.892 bits per heavy atom. The molecule has 1 aliphatic rings. The Morgan fingerprint density at radius 2 is 1.51 bits per heavy atom. The molecule has 3 rings (SSSR count). The highest BCUT2D eigenvalue weighted by atomic mass is 32.2. The van der Waals surface area contributed by atoms with Crippen LogP contribution in [0, 0.1) is 17.7 Å². The van der Waals surface area contributed by atoms with Crippen LogP contribution in [-0.2, 0) is 32.9 Å². The Balaban J connectivity index is 1.43. The highest BCUT2D eigenvalue weighted by Gasteiger charge is 2.23. The molecule has 2 atom stereocenters. The average Bonchev–Trinajstić information content (AvgIpc) is 2.87. The topological polar surface area (TPSA) is 92.3 Å². The monoisotopic (exact) mass is 550 g/mol. The van der Waals surface area contributed by atoms with E-state index < -0.39 is 25.3 Å². The van der Waals surface area contributed by atoms with Crippen LogP contribution in [0.1, 0.15) is 56.7 Å². The number of rotatable bonds is 13. The molecular weight excluding hydrogens is 511 g/mol. The predicted molar refractivity (Wildman–Crippen MR) is 149 cm³/mol. The summed E-state index contributed by atoms with van der Waals surface area (Å²) in [5, 5.41) is -0.423. The van der Waals surface area contributed by atoms with Crippen LogP contribution in [0.15, 0.2) is 54.6 Å². The minimum atomic E-state index is -3.41. The quantitative estimate of drug-likeness (QED) is 0.379. The summed E-state index contributed by atoms with van der Waals surface area (Å²) < 4.78 is 67.0. The van der Waals surface area contributed by atoms with Crippen LogP contribution < -0.4 is 9.44 Å². The summed E-state index contributed by atoms with van der Waals surface area (Å²) in [7, 11) is -6.64. The first kappa shape index (κ1) is 29.5. The largest absolute Gasteiger partial charge is 0.215 e. The second kappa shape index (κ2) is 13.1. The van der Waals surface area contributed by atoms with Gasteiger partial charge in [-0.05, 0) is 92.2 Å². The van der Waals surface area contributed by atoms with Gasteiger partial charge in [0.25, 0.3) is 0 Å². The van der Waals surface area contributed by atoms with Crippen molar-refractivity contribution >= 4 is 25.6 Å². The van der Waals surface area contributed by atoms with Gasteiger partial charge >= 0.3 is 0 Å². The van der Waals surface area contributed by atoms with Crippen molar-refractivity contribution in [3.05, 3.63) is 77.1 Å². The molecule has 0 aliphatic heterocycles. The Kier molecular flexibility index (Phi) is 10.5. The lowest BCUT2D eigenvalue weighted by Gasteiger charge is -2.28. The molecule has 2 unspecified atom stereocenters. The van der Waals surface area contributed by atoms with Crippen LogP contribution in [0.3, 0.4) is 0 Å². The Bertz CT molecular complexity index is 1260. The number of aryl methyl sites for hydroxylation is 1. The third kappa shape index (κ3) is 9.32. The van der Waals surface area contributed by atoms with Gasteiger partial charge in [-0.25, -0.2) is 30.7 Å². The fourth-order valence-corrected chi connectivity index (χ4v) is 6.32. The molecule has 0 saturated carbocycles. The van der Waals surface area contributed by atoms with E-state index in [0.29, 0.717) is 31.8 Å². The molecule has 2 aromatic carbocycles. The average molecular weight is 551 g/mol. The second-order valence-electron chi connectivity index (χ2n) is 10.2. The van der Waals surface area contributed by atoms with Crippen LogP contribution in [0.25, 0.3) is 5.57 Å². The minimum absolute atomic E-state index is 0.0328. The molecule has 2 N–H and O–H groups in total. The van der Waals surface area contributed by atoms with Crippen molar-refractivity contribution in [3.8, 4) is 0 Å². The SMILES string of the molecule is CC(CNS(=O)(=O)C(C)C)C1CC=C(c2ccc(CCNS(=O)(=O)CCc3ccc(F)cc3)cc2)CC1. The van der Waals surface area contributed by atoms with Gasteiger partial charge in [0.2, 0.25) is 20.0 Å². The lowest BCUT2D eigenvalue weighted by atomic mass is 9.80. The van der Waals surface area contributed by atoms with E-state index >= 15 is 0 Å². The molecule has 0 bridgehead atoms. The number of nitrogens with one attached hydrogen (secondary N) is 2. The Morgan fingerprint density at radius 3 is 2.11 bits per heavy atom. The number of allylic oxidation sites excluding steroid dienone is 2. The maximum atomic E-state index is 13.0. The van der Waals surface area contributed by atoms with Crippen molar-refractivity contribution in [2.45, 2.75) is 58.1 Å². The molecule has 0 saturated heterocycles. The van der Waals surface area contributed by atoms with Gasteiger partial charge in [-0.3, -0.25) is 0 Å². The molecule has 0 radical (unpaired) electrons. The van der Waals surface area contributed by atoms with Gasteiger partial charge in [0, 0.05) is 13.1 Å². The Labute approximate surface area is 221 Å². The van der Waals surface area contributed by atoms with Crippen LogP contribution >= 0.6 is 0 Å². The fraction of sp³-hybridized carbons (Fsp3) is 0.500. The van der Waals surface area contributed by atoms with Gasteiger partial charge in [0.1, 0.15) is 5.82 Å². The lowest BCUT2D eigenvalue weighted by Crippen LogP contribution is -2.36. The Hall–Kier alpha value is -2.07. The normalized spacial score (nSPS) is 17.5. The summed E-state index contributed by atoms with van der Waals surface area (Å²) in [4.78, 5) is 0. The van der Waals surface area contributed by atoms with Crippen molar-refractivity contribution in [1.82, 2.24) is 9.44 Å². The molecule has 0 amide bonds. The molecule has 204 valence electrons. The maximum Gasteiger partial charge on any atom is 0.213 e. The summed E-state index contributed by atoms with van der Waals surface area (Å²) >= 11 is 0. The smallest absolute Gasteiger partial charge is 0.213 e. The van der Waals surface area contributed by atoms with E-state index in [1.54, 1.807) is 26.0 Å². The van der Waals surface area contributed by atoms with Crippen LogP contribution in [-0.4, -0.2) is 40.9 Å². The highest BCUT2D eigenvalue weighted by Crippen LogP contribution is 2.34. The number of halogens is 1. The standard InChI is InChI=1S/C28H39FN2O4S2/c1-21(2)37(34,35)31-20-22(3)25-10-12-27(13-11-25)26-8-4-23(5-9-26)16-18-30-36(32,33)19-17-24-6-14-28(29)15-7-24/h4-9,12,14-15,21-22,25,30-31H,10-11,13,16-20H2,1-3H3. The van der Waals surface area contributed by atoms with E-state index in [1.807, 2.05) is 12.1 Å². The van der Waals surface area contributed by atoms with Crippen LogP contribution in [0.4, 0.5) is 4.39 Å². The number of benzene rings is 2. The first-order chi connectivity index (χ1) is 17.4. The van der Waals surface area contributed by atoms with E-state index in [1.165, 1.54) is 23.3 Å². The van der Waals surface area contributed by atoms with Gasteiger partial charge in [0.15, 0.2) is 0 Å². The van der Waals surface area contributed by atoms with E-state index in [4.69, 9.17) is 0 Å². The van der Waals surface area contributed by atoms with Crippen LogP contribution in [0.5, 0.6) is 0 Å². The van der Waals surface area contributed by atoms with Gasteiger partial charge < -0.3 is 0 Å². The molecule has 1 aliphatic carbocycles. The second-order valence-corrected chi connectivity index (χ2v) is 14.5. The van der Waals surface area contributed by atoms with E-state index in [-0.39, 0.29) is 17.5 Å². The molecule has 37 heavy (non-hydrogen) atoms.